The number of fused-ring (bicyclic) bond motifs is 1. The van der Waals surface area contributed by atoms with Gasteiger partial charge in [-0.2, -0.15) is 5.26 Å². The number of nitrogen functional groups attached to an aromatic ring is 1. The SMILES string of the molecule is N#Cc1cnc2cc(F)c(F)cc2c1N. The molecule has 0 aliphatic heterocycles. The Kier molecular flexibility index (Phi) is 1.97. The monoisotopic (exact) mass is 205 g/mol. The van der Waals surface area contributed by atoms with Gasteiger partial charge in [-0.1, -0.05) is 0 Å². The van der Waals surface area contributed by atoms with E-state index < -0.39 is 11.6 Å². The summed E-state index contributed by atoms with van der Waals surface area (Å²) in [5, 5.41) is 8.91. The van der Waals surface area contributed by atoms with Crippen molar-refractivity contribution in [2.75, 3.05) is 5.73 Å². The van der Waals surface area contributed by atoms with Gasteiger partial charge in [-0.15, -0.1) is 0 Å². The summed E-state index contributed by atoms with van der Waals surface area (Å²) in [5.41, 5.74) is 6.08. The molecule has 3 nitrogen and oxygen atoms in total. The first-order valence-electron chi connectivity index (χ1n) is 4.07. The van der Waals surface area contributed by atoms with Gasteiger partial charge < -0.3 is 5.73 Å². The molecule has 1 heterocycles. The molecule has 15 heavy (non-hydrogen) atoms. The van der Waals surface area contributed by atoms with Crippen LogP contribution in [-0.4, -0.2) is 4.98 Å². The van der Waals surface area contributed by atoms with Crippen molar-refractivity contribution in [1.82, 2.24) is 4.98 Å². The van der Waals surface area contributed by atoms with Crippen molar-refractivity contribution in [3.63, 3.8) is 0 Å². The molecule has 5 heteroatoms. The van der Waals surface area contributed by atoms with E-state index in [0.29, 0.717) is 0 Å². The highest BCUT2D eigenvalue weighted by molar-refractivity contribution is 5.92. The summed E-state index contributed by atoms with van der Waals surface area (Å²) in [6, 6.07) is 3.70. The van der Waals surface area contributed by atoms with Crippen molar-refractivity contribution < 1.29 is 8.78 Å². The van der Waals surface area contributed by atoms with E-state index in [1.54, 1.807) is 0 Å². The fourth-order valence-corrected chi connectivity index (χ4v) is 1.30. The van der Waals surface area contributed by atoms with Crippen molar-refractivity contribution in [2.45, 2.75) is 0 Å². The Bertz CT molecular complexity index is 587. The Morgan fingerprint density at radius 2 is 1.93 bits per heavy atom. The second kappa shape index (κ2) is 3.17. The van der Waals surface area contributed by atoms with Crippen LogP contribution in [0.5, 0.6) is 0 Å². The molecular weight excluding hydrogens is 200 g/mol. The van der Waals surface area contributed by atoms with E-state index in [1.807, 2.05) is 6.07 Å². The number of aromatic nitrogens is 1. The van der Waals surface area contributed by atoms with E-state index in [1.165, 1.54) is 6.20 Å². The second-order valence-corrected chi connectivity index (χ2v) is 2.98. The number of nitrogens with zero attached hydrogens (tertiary/aromatic N) is 2. The molecule has 2 aromatic rings. The average Bonchev–Trinajstić information content (AvgIpc) is 2.22. The molecule has 0 saturated carbocycles. The topological polar surface area (TPSA) is 62.7 Å². The number of nitrogens with two attached hydrogens (primary N) is 1. The molecule has 74 valence electrons. The molecule has 0 amide bonds. The molecule has 0 aliphatic rings. The highest BCUT2D eigenvalue weighted by Crippen LogP contribution is 2.24. The van der Waals surface area contributed by atoms with Gasteiger partial charge in [0, 0.05) is 17.6 Å². The lowest BCUT2D eigenvalue weighted by molar-refractivity contribution is 0.510. The second-order valence-electron chi connectivity index (χ2n) is 2.98. The summed E-state index contributed by atoms with van der Waals surface area (Å²) >= 11 is 0. The molecule has 0 spiro atoms. The summed E-state index contributed by atoms with van der Waals surface area (Å²) in [4.78, 5) is 3.81. The van der Waals surface area contributed by atoms with Crippen LogP contribution in [0, 0.1) is 23.0 Å². The standard InChI is InChI=1S/C10H5F2N3/c11-7-1-6-9(2-8(7)12)15-4-5(3-13)10(6)14/h1-2,4H,(H2,14,15). The molecule has 0 aliphatic carbocycles. The van der Waals surface area contributed by atoms with Crippen LogP contribution in [0.25, 0.3) is 10.9 Å². The Morgan fingerprint density at radius 3 is 2.60 bits per heavy atom. The van der Waals surface area contributed by atoms with Gasteiger partial charge in [0.1, 0.15) is 6.07 Å². The quantitative estimate of drug-likeness (QED) is 0.715. The van der Waals surface area contributed by atoms with Gasteiger partial charge in [0.15, 0.2) is 11.6 Å². The van der Waals surface area contributed by atoms with Crippen molar-refractivity contribution in [2.24, 2.45) is 0 Å². The number of hydrogen-bond donors (Lipinski definition) is 1. The van der Waals surface area contributed by atoms with E-state index in [-0.39, 0.29) is 22.2 Å². The lowest BCUT2D eigenvalue weighted by atomic mass is 10.1. The molecule has 1 aromatic carbocycles. The van der Waals surface area contributed by atoms with Gasteiger partial charge in [-0.25, -0.2) is 8.78 Å². The van der Waals surface area contributed by atoms with Crippen LogP contribution in [0.1, 0.15) is 5.56 Å². The zero-order chi connectivity index (χ0) is 11.0. The first-order valence-corrected chi connectivity index (χ1v) is 4.07. The maximum atomic E-state index is 12.9. The minimum absolute atomic E-state index is 0.112. The minimum Gasteiger partial charge on any atom is -0.397 e. The summed E-state index contributed by atoms with van der Waals surface area (Å²) in [5.74, 6) is -2.00. The Balaban J connectivity index is 2.89. The third-order valence-corrected chi connectivity index (χ3v) is 2.07. The summed E-state index contributed by atoms with van der Waals surface area (Å²) in [6.07, 6.45) is 1.23. The van der Waals surface area contributed by atoms with Crippen molar-refractivity contribution in [1.29, 1.82) is 5.26 Å². The molecule has 0 atom stereocenters. The van der Waals surface area contributed by atoms with Crippen LogP contribution >= 0.6 is 0 Å². The number of pyridine rings is 1. The van der Waals surface area contributed by atoms with Crippen molar-refractivity contribution in [3.8, 4) is 6.07 Å². The molecular formula is C10H5F2N3. The van der Waals surface area contributed by atoms with Crippen LogP contribution in [0.4, 0.5) is 14.5 Å². The largest absolute Gasteiger partial charge is 0.397 e. The van der Waals surface area contributed by atoms with E-state index in [4.69, 9.17) is 11.0 Å². The predicted octanol–water partition coefficient (Wildman–Crippen LogP) is 1.97. The Hall–Kier alpha value is -2.22. The normalized spacial score (nSPS) is 10.2. The van der Waals surface area contributed by atoms with Gasteiger partial charge in [0.25, 0.3) is 0 Å². The maximum absolute atomic E-state index is 12.9. The maximum Gasteiger partial charge on any atom is 0.161 e. The van der Waals surface area contributed by atoms with Crippen molar-refractivity contribution >= 4 is 16.6 Å². The fraction of sp³-hybridized carbons (Fsp3) is 0. The van der Waals surface area contributed by atoms with Crippen molar-refractivity contribution in [3.05, 3.63) is 35.5 Å². The Morgan fingerprint density at radius 1 is 1.27 bits per heavy atom. The Labute approximate surface area is 83.8 Å². The number of rotatable bonds is 0. The molecule has 0 unspecified atom stereocenters. The predicted molar refractivity (Wildman–Crippen MR) is 50.8 cm³/mol. The summed E-state index contributed by atoms with van der Waals surface area (Å²) in [7, 11) is 0. The average molecular weight is 205 g/mol. The smallest absolute Gasteiger partial charge is 0.161 e. The number of halogens is 2. The molecule has 2 N–H and O–H groups in total. The first kappa shape index (κ1) is 9.34. The number of hydrogen-bond acceptors (Lipinski definition) is 3. The van der Waals surface area contributed by atoms with E-state index in [9.17, 15) is 8.78 Å². The van der Waals surface area contributed by atoms with Gasteiger partial charge >= 0.3 is 0 Å². The van der Waals surface area contributed by atoms with Gasteiger partial charge in [0.2, 0.25) is 0 Å². The van der Waals surface area contributed by atoms with Gasteiger partial charge in [-0.3, -0.25) is 4.98 Å². The zero-order valence-corrected chi connectivity index (χ0v) is 7.46. The first-order chi connectivity index (χ1) is 7.13. The minimum atomic E-state index is -1.01. The highest BCUT2D eigenvalue weighted by Gasteiger charge is 2.09. The molecule has 0 saturated heterocycles. The lowest BCUT2D eigenvalue weighted by Gasteiger charge is -2.03. The molecule has 0 radical (unpaired) electrons. The van der Waals surface area contributed by atoms with Crippen LogP contribution in [0.15, 0.2) is 18.3 Å². The molecule has 0 bridgehead atoms. The van der Waals surface area contributed by atoms with E-state index >= 15 is 0 Å². The van der Waals surface area contributed by atoms with Crippen LogP contribution in [0.2, 0.25) is 0 Å². The van der Waals surface area contributed by atoms with Crippen LogP contribution in [0.3, 0.4) is 0 Å². The number of benzene rings is 1. The fourth-order valence-electron chi connectivity index (χ4n) is 1.30. The molecule has 2 rings (SSSR count). The van der Waals surface area contributed by atoms with Crippen LogP contribution < -0.4 is 5.73 Å². The summed E-state index contributed by atoms with van der Waals surface area (Å²) in [6.45, 7) is 0. The number of nitriles is 1. The van der Waals surface area contributed by atoms with Crippen LogP contribution in [-0.2, 0) is 0 Å². The van der Waals surface area contributed by atoms with Gasteiger partial charge in [0.05, 0.1) is 16.8 Å². The highest BCUT2D eigenvalue weighted by atomic mass is 19.2. The van der Waals surface area contributed by atoms with Gasteiger partial charge in [-0.05, 0) is 6.07 Å². The molecule has 0 fully saturated rings. The zero-order valence-electron chi connectivity index (χ0n) is 7.46. The lowest BCUT2D eigenvalue weighted by Crippen LogP contribution is -1.96. The third kappa shape index (κ3) is 1.36. The summed E-state index contributed by atoms with van der Waals surface area (Å²) < 4.78 is 25.8. The van der Waals surface area contributed by atoms with E-state index in [0.717, 1.165) is 12.1 Å². The number of anilines is 1. The molecule has 1 aromatic heterocycles. The third-order valence-electron chi connectivity index (χ3n) is 2.07. The van der Waals surface area contributed by atoms with E-state index in [2.05, 4.69) is 4.98 Å².